The average molecular weight is 252 g/mol. The highest BCUT2D eigenvalue weighted by atomic mass is 35.5. The van der Waals surface area contributed by atoms with Crippen molar-refractivity contribution >= 4 is 28.1 Å². The molecule has 2 aromatic heterocycles. The lowest BCUT2D eigenvalue weighted by atomic mass is 10.3. The molecule has 0 saturated heterocycles. The van der Waals surface area contributed by atoms with Gasteiger partial charge in [0, 0.05) is 12.1 Å². The monoisotopic (exact) mass is 251 g/mol. The minimum absolute atomic E-state index is 0.288. The van der Waals surface area contributed by atoms with Gasteiger partial charge in [-0.15, -0.1) is 0 Å². The van der Waals surface area contributed by atoms with Crippen molar-refractivity contribution in [2.75, 3.05) is 4.90 Å². The fraction of sp³-hybridized carbons (Fsp3) is 0.222. The molecule has 2 aromatic rings. The molecule has 0 atom stereocenters. The molecule has 0 saturated carbocycles. The normalized spacial score (nSPS) is 13.9. The van der Waals surface area contributed by atoms with Gasteiger partial charge in [-0.1, -0.05) is 11.6 Å². The average Bonchev–Trinajstić information content (AvgIpc) is 2.89. The molecule has 1 aliphatic heterocycles. The Morgan fingerprint density at radius 3 is 3.19 bits per heavy atom. The van der Waals surface area contributed by atoms with Gasteiger partial charge in [-0.3, -0.25) is 5.10 Å². The van der Waals surface area contributed by atoms with Crippen LogP contribution >= 0.6 is 23.1 Å². The summed E-state index contributed by atoms with van der Waals surface area (Å²) < 4.78 is 4.00. The van der Waals surface area contributed by atoms with Gasteiger partial charge < -0.3 is 4.90 Å². The number of nitriles is 1. The van der Waals surface area contributed by atoms with Crippen molar-refractivity contribution in [3.63, 3.8) is 0 Å². The highest BCUT2D eigenvalue weighted by Gasteiger charge is 2.25. The Labute approximate surface area is 100 Å². The summed E-state index contributed by atoms with van der Waals surface area (Å²) >= 11 is 7.10. The lowest BCUT2D eigenvalue weighted by molar-refractivity contribution is 0.850. The maximum absolute atomic E-state index is 9.00. The van der Waals surface area contributed by atoms with Gasteiger partial charge in [0.25, 0.3) is 0 Å². The Hall–Kier alpha value is -1.58. The summed E-state index contributed by atoms with van der Waals surface area (Å²) in [6.07, 6.45) is 1.81. The number of halogens is 1. The van der Waals surface area contributed by atoms with Crippen LogP contribution in [0.25, 0.3) is 0 Å². The molecule has 1 aliphatic rings. The summed E-state index contributed by atoms with van der Waals surface area (Å²) in [7, 11) is 0. The predicted octanol–water partition coefficient (Wildman–Crippen LogP) is 1.91. The van der Waals surface area contributed by atoms with Gasteiger partial charge >= 0.3 is 0 Å². The lowest BCUT2D eigenvalue weighted by Crippen LogP contribution is -2.14. The molecular weight excluding hydrogens is 246 g/mol. The van der Waals surface area contributed by atoms with Crippen molar-refractivity contribution in [3.8, 4) is 6.07 Å². The quantitative estimate of drug-likeness (QED) is 0.841. The molecule has 5 nitrogen and oxygen atoms in total. The van der Waals surface area contributed by atoms with Gasteiger partial charge in [0.05, 0.1) is 18.4 Å². The molecule has 0 aliphatic carbocycles. The fourth-order valence-corrected chi connectivity index (χ4v) is 2.81. The fourth-order valence-electron chi connectivity index (χ4n) is 1.78. The number of rotatable bonds is 1. The largest absolute Gasteiger partial charge is 0.351 e. The van der Waals surface area contributed by atoms with Crippen molar-refractivity contribution in [2.24, 2.45) is 0 Å². The van der Waals surface area contributed by atoms with Gasteiger partial charge in [0.1, 0.15) is 16.6 Å². The van der Waals surface area contributed by atoms with Crippen LogP contribution in [0.2, 0.25) is 5.15 Å². The SMILES string of the molecule is N#Cc1c(Cl)nsc1N1Cc2cn[nH]c2C1. The highest BCUT2D eigenvalue weighted by molar-refractivity contribution is 7.10. The molecule has 0 fully saturated rings. The van der Waals surface area contributed by atoms with Crippen LogP contribution in [0.4, 0.5) is 5.00 Å². The molecule has 80 valence electrons. The van der Waals surface area contributed by atoms with Gasteiger partial charge in [0.15, 0.2) is 5.15 Å². The van der Waals surface area contributed by atoms with E-state index in [0.717, 1.165) is 29.3 Å². The lowest BCUT2D eigenvalue weighted by Gasteiger charge is -2.14. The first-order valence-electron chi connectivity index (χ1n) is 4.61. The number of nitrogens with zero attached hydrogens (tertiary/aromatic N) is 4. The number of hydrogen-bond donors (Lipinski definition) is 1. The molecule has 0 aromatic carbocycles. The van der Waals surface area contributed by atoms with Gasteiger partial charge in [-0.2, -0.15) is 14.7 Å². The maximum Gasteiger partial charge on any atom is 0.162 e. The number of hydrogen-bond acceptors (Lipinski definition) is 5. The zero-order chi connectivity index (χ0) is 11.1. The smallest absolute Gasteiger partial charge is 0.162 e. The van der Waals surface area contributed by atoms with E-state index in [0.29, 0.717) is 5.56 Å². The van der Waals surface area contributed by atoms with Crippen LogP contribution in [-0.2, 0) is 13.1 Å². The van der Waals surface area contributed by atoms with Gasteiger partial charge in [0.2, 0.25) is 0 Å². The summed E-state index contributed by atoms with van der Waals surface area (Å²) in [6, 6.07) is 2.09. The van der Waals surface area contributed by atoms with E-state index in [1.807, 2.05) is 6.20 Å². The molecule has 3 rings (SSSR count). The van der Waals surface area contributed by atoms with E-state index < -0.39 is 0 Å². The minimum atomic E-state index is 0.288. The highest BCUT2D eigenvalue weighted by Crippen LogP contribution is 2.35. The molecule has 7 heteroatoms. The molecule has 0 amide bonds. The van der Waals surface area contributed by atoms with E-state index in [1.165, 1.54) is 11.5 Å². The molecule has 16 heavy (non-hydrogen) atoms. The summed E-state index contributed by atoms with van der Waals surface area (Å²) in [5.74, 6) is 0. The van der Waals surface area contributed by atoms with Crippen LogP contribution in [-0.4, -0.2) is 14.6 Å². The van der Waals surface area contributed by atoms with Gasteiger partial charge in [-0.05, 0) is 11.5 Å². The molecule has 1 N–H and O–H groups in total. The zero-order valence-corrected chi connectivity index (χ0v) is 9.64. The van der Waals surface area contributed by atoms with Crippen LogP contribution in [0.1, 0.15) is 16.8 Å². The minimum Gasteiger partial charge on any atom is -0.351 e. The van der Waals surface area contributed by atoms with E-state index in [4.69, 9.17) is 16.9 Å². The Morgan fingerprint density at radius 2 is 2.44 bits per heavy atom. The van der Waals surface area contributed by atoms with Crippen LogP contribution in [0, 0.1) is 11.3 Å². The second-order valence-electron chi connectivity index (χ2n) is 3.50. The van der Waals surface area contributed by atoms with Crippen molar-refractivity contribution in [3.05, 3.63) is 28.2 Å². The number of nitrogens with one attached hydrogen (secondary N) is 1. The topological polar surface area (TPSA) is 68.6 Å². The number of fused-ring (bicyclic) bond motifs is 1. The van der Waals surface area contributed by atoms with E-state index in [9.17, 15) is 0 Å². The number of aromatic nitrogens is 3. The Kier molecular flexibility index (Phi) is 2.09. The first kappa shape index (κ1) is 9.63. The summed E-state index contributed by atoms with van der Waals surface area (Å²) in [6.45, 7) is 1.47. The third-order valence-electron chi connectivity index (χ3n) is 2.55. The summed E-state index contributed by atoms with van der Waals surface area (Å²) in [5.41, 5.74) is 2.71. The third-order valence-corrected chi connectivity index (χ3v) is 3.83. The Balaban J connectivity index is 1.96. The van der Waals surface area contributed by atoms with E-state index in [-0.39, 0.29) is 5.15 Å². The number of aromatic amines is 1. The van der Waals surface area contributed by atoms with Crippen molar-refractivity contribution in [2.45, 2.75) is 13.1 Å². The van der Waals surface area contributed by atoms with Crippen LogP contribution in [0.5, 0.6) is 0 Å². The molecule has 0 spiro atoms. The zero-order valence-electron chi connectivity index (χ0n) is 8.07. The molecule has 0 unspecified atom stereocenters. The molecular formula is C9H6ClN5S. The van der Waals surface area contributed by atoms with E-state index >= 15 is 0 Å². The standard InChI is InChI=1S/C9H6ClN5S/c10-8-6(1-11)9(16-14-8)15-3-5-2-12-13-7(5)4-15/h2H,3-4H2,(H,12,13). The van der Waals surface area contributed by atoms with E-state index in [2.05, 4.69) is 25.5 Å². The maximum atomic E-state index is 9.00. The molecule has 3 heterocycles. The second-order valence-corrected chi connectivity index (χ2v) is 4.61. The van der Waals surface area contributed by atoms with Crippen molar-refractivity contribution in [1.29, 1.82) is 5.26 Å². The first-order chi connectivity index (χ1) is 7.79. The van der Waals surface area contributed by atoms with Crippen LogP contribution in [0.3, 0.4) is 0 Å². The number of H-pyrrole nitrogens is 1. The number of anilines is 1. The van der Waals surface area contributed by atoms with E-state index in [1.54, 1.807) is 0 Å². The Bertz CT molecular complexity index is 560. The second kappa shape index (κ2) is 3.47. The molecule has 0 radical (unpaired) electrons. The van der Waals surface area contributed by atoms with Crippen molar-refractivity contribution < 1.29 is 0 Å². The molecule has 0 bridgehead atoms. The van der Waals surface area contributed by atoms with Gasteiger partial charge in [-0.25, -0.2) is 0 Å². The Morgan fingerprint density at radius 1 is 1.56 bits per heavy atom. The van der Waals surface area contributed by atoms with Crippen LogP contribution < -0.4 is 4.90 Å². The van der Waals surface area contributed by atoms with Crippen molar-refractivity contribution in [1.82, 2.24) is 14.6 Å². The predicted molar refractivity (Wildman–Crippen MR) is 60.3 cm³/mol. The summed E-state index contributed by atoms with van der Waals surface area (Å²) in [4.78, 5) is 2.07. The first-order valence-corrected chi connectivity index (χ1v) is 5.76. The summed E-state index contributed by atoms with van der Waals surface area (Å²) in [5, 5.41) is 17.0. The third kappa shape index (κ3) is 1.29. The van der Waals surface area contributed by atoms with Crippen LogP contribution in [0.15, 0.2) is 6.20 Å².